The van der Waals surface area contributed by atoms with Crippen LogP contribution in [-0.2, 0) is 10.2 Å². The molecule has 0 spiro atoms. The number of halogens is 1. The van der Waals surface area contributed by atoms with Gasteiger partial charge in [-0.3, -0.25) is 4.79 Å². The van der Waals surface area contributed by atoms with E-state index in [0.29, 0.717) is 37.6 Å². The largest absolute Gasteiger partial charge is 0.454 e. The van der Waals surface area contributed by atoms with Crippen molar-refractivity contribution in [2.24, 2.45) is 0 Å². The maximum Gasteiger partial charge on any atom is 0.321 e. The van der Waals surface area contributed by atoms with Crippen LogP contribution in [0.4, 0.5) is 14.9 Å². The number of nitrogens with one attached hydrogen (secondary N) is 1. The number of amides is 3. The molecule has 33 heavy (non-hydrogen) atoms. The first-order valence-corrected chi connectivity index (χ1v) is 11.6. The maximum absolute atomic E-state index is 13.9. The molecule has 0 unspecified atom stereocenters. The number of ether oxygens (including phenoxy) is 2. The van der Waals surface area contributed by atoms with Crippen LogP contribution < -0.4 is 14.8 Å². The number of rotatable bonds is 3. The highest BCUT2D eigenvalue weighted by molar-refractivity contribution is 5.91. The first kappa shape index (κ1) is 21.6. The minimum atomic E-state index is -0.558. The lowest BCUT2D eigenvalue weighted by Crippen LogP contribution is -2.56. The van der Waals surface area contributed by atoms with Crippen molar-refractivity contribution in [1.29, 1.82) is 0 Å². The van der Waals surface area contributed by atoms with Crippen LogP contribution in [0.25, 0.3) is 0 Å². The van der Waals surface area contributed by atoms with E-state index >= 15 is 0 Å². The van der Waals surface area contributed by atoms with E-state index in [9.17, 15) is 14.0 Å². The summed E-state index contributed by atoms with van der Waals surface area (Å²) >= 11 is 0. The second kappa shape index (κ2) is 8.92. The molecule has 174 valence electrons. The molecule has 2 aromatic carbocycles. The number of anilines is 1. The van der Waals surface area contributed by atoms with Crippen LogP contribution in [0.15, 0.2) is 42.5 Å². The number of piperazine rings is 1. The van der Waals surface area contributed by atoms with Crippen LogP contribution in [0.1, 0.15) is 37.7 Å². The third-order valence-corrected chi connectivity index (χ3v) is 6.99. The van der Waals surface area contributed by atoms with Gasteiger partial charge >= 0.3 is 6.03 Å². The van der Waals surface area contributed by atoms with Gasteiger partial charge in [0.1, 0.15) is 5.82 Å². The Labute approximate surface area is 192 Å². The quantitative estimate of drug-likeness (QED) is 0.759. The third-order valence-electron chi connectivity index (χ3n) is 6.99. The Morgan fingerprint density at radius 3 is 2.24 bits per heavy atom. The fraction of sp³-hybridized carbons (Fsp3) is 0.440. The van der Waals surface area contributed by atoms with Crippen LogP contribution in [0.2, 0.25) is 0 Å². The molecule has 1 saturated heterocycles. The molecule has 8 heteroatoms. The minimum Gasteiger partial charge on any atom is -0.454 e. The van der Waals surface area contributed by atoms with Gasteiger partial charge in [-0.1, -0.05) is 25.3 Å². The summed E-state index contributed by atoms with van der Waals surface area (Å²) in [5.41, 5.74) is 0.981. The van der Waals surface area contributed by atoms with Crippen molar-refractivity contribution in [3.05, 3.63) is 53.8 Å². The second-order valence-electron chi connectivity index (χ2n) is 8.93. The van der Waals surface area contributed by atoms with Gasteiger partial charge in [-0.15, -0.1) is 0 Å². The fourth-order valence-electron chi connectivity index (χ4n) is 5.13. The van der Waals surface area contributed by atoms with Gasteiger partial charge in [0.15, 0.2) is 11.5 Å². The molecular weight excluding hydrogens is 425 g/mol. The molecule has 3 aliphatic rings. The minimum absolute atomic E-state index is 0.139. The standard InChI is InChI=1S/C25H28FN3O4/c26-19-5-7-20(8-6-19)27-24(31)29-14-12-28(13-15-29)23(30)25(10-2-1-3-11-25)18-4-9-21-22(16-18)33-17-32-21/h4-9,16H,1-3,10-15,17H2,(H,27,31). The summed E-state index contributed by atoms with van der Waals surface area (Å²) in [4.78, 5) is 30.1. The number of fused-ring (bicyclic) bond motifs is 1. The molecule has 0 bridgehead atoms. The first-order chi connectivity index (χ1) is 16.0. The number of benzene rings is 2. The molecule has 1 N–H and O–H groups in total. The van der Waals surface area contributed by atoms with E-state index < -0.39 is 5.41 Å². The van der Waals surface area contributed by atoms with Crippen molar-refractivity contribution >= 4 is 17.6 Å². The van der Waals surface area contributed by atoms with Crippen molar-refractivity contribution < 1.29 is 23.5 Å². The Morgan fingerprint density at radius 2 is 1.52 bits per heavy atom. The van der Waals surface area contributed by atoms with Crippen LogP contribution in [-0.4, -0.2) is 54.7 Å². The van der Waals surface area contributed by atoms with Crippen molar-refractivity contribution in [1.82, 2.24) is 9.80 Å². The molecule has 7 nitrogen and oxygen atoms in total. The van der Waals surface area contributed by atoms with Crippen LogP contribution in [0, 0.1) is 5.82 Å². The summed E-state index contributed by atoms with van der Waals surface area (Å²) in [6.45, 7) is 2.09. The molecular formula is C25H28FN3O4. The Kier molecular flexibility index (Phi) is 5.83. The molecule has 3 amide bonds. The van der Waals surface area contributed by atoms with Crippen molar-refractivity contribution in [2.75, 3.05) is 38.3 Å². The number of urea groups is 1. The zero-order valence-corrected chi connectivity index (χ0v) is 18.5. The predicted molar refractivity (Wildman–Crippen MR) is 121 cm³/mol. The van der Waals surface area contributed by atoms with Gasteiger partial charge in [0.2, 0.25) is 12.7 Å². The summed E-state index contributed by atoms with van der Waals surface area (Å²) in [6, 6.07) is 11.3. The predicted octanol–water partition coefficient (Wildman–Crippen LogP) is 4.13. The Morgan fingerprint density at radius 1 is 0.848 bits per heavy atom. The third kappa shape index (κ3) is 4.21. The molecule has 2 aromatic rings. The summed E-state index contributed by atoms with van der Waals surface area (Å²) in [7, 11) is 0. The fourth-order valence-corrected chi connectivity index (χ4v) is 5.13. The monoisotopic (exact) mass is 453 g/mol. The van der Waals surface area contributed by atoms with E-state index in [1.807, 2.05) is 23.1 Å². The van der Waals surface area contributed by atoms with Crippen molar-refractivity contribution in [2.45, 2.75) is 37.5 Å². The van der Waals surface area contributed by atoms with E-state index in [1.54, 1.807) is 4.90 Å². The van der Waals surface area contributed by atoms with E-state index in [2.05, 4.69) is 5.32 Å². The van der Waals surface area contributed by atoms with Crippen molar-refractivity contribution in [3.63, 3.8) is 0 Å². The number of hydrogen-bond acceptors (Lipinski definition) is 4. The summed E-state index contributed by atoms with van der Waals surface area (Å²) in [5, 5.41) is 2.79. The summed E-state index contributed by atoms with van der Waals surface area (Å²) < 4.78 is 24.1. The van der Waals surface area contributed by atoms with Crippen LogP contribution in [0.3, 0.4) is 0 Å². The molecule has 0 radical (unpaired) electrons. The normalized spacial score (nSPS) is 19.3. The molecule has 0 aromatic heterocycles. The lowest BCUT2D eigenvalue weighted by Gasteiger charge is -2.43. The lowest BCUT2D eigenvalue weighted by atomic mass is 9.68. The molecule has 0 atom stereocenters. The number of carbonyl (C=O) groups is 2. The molecule has 1 aliphatic carbocycles. The Hall–Kier alpha value is -3.29. The molecule has 2 fully saturated rings. The maximum atomic E-state index is 13.9. The lowest BCUT2D eigenvalue weighted by molar-refractivity contribution is -0.140. The van der Waals surface area contributed by atoms with Gasteiger partial charge < -0.3 is 24.6 Å². The van der Waals surface area contributed by atoms with Gasteiger partial charge in [-0.25, -0.2) is 9.18 Å². The zero-order valence-electron chi connectivity index (χ0n) is 18.5. The molecule has 1 saturated carbocycles. The Bertz CT molecular complexity index is 1030. The van der Waals surface area contributed by atoms with E-state index in [4.69, 9.17) is 9.47 Å². The van der Waals surface area contributed by atoms with Gasteiger partial charge in [0, 0.05) is 31.9 Å². The molecule has 2 heterocycles. The topological polar surface area (TPSA) is 71.1 Å². The van der Waals surface area contributed by atoms with E-state index in [0.717, 1.165) is 43.4 Å². The smallest absolute Gasteiger partial charge is 0.321 e. The summed E-state index contributed by atoms with van der Waals surface area (Å²) in [5.74, 6) is 1.21. The van der Waals surface area contributed by atoms with E-state index in [1.165, 1.54) is 24.3 Å². The van der Waals surface area contributed by atoms with Crippen molar-refractivity contribution in [3.8, 4) is 11.5 Å². The van der Waals surface area contributed by atoms with Gasteiger partial charge in [0.05, 0.1) is 5.41 Å². The first-order valence-electron chi connectivity index (χ1n) is 11.6. The number of nitrogens with zero attached hydrogens (tertiary/aromatic N) is 2. The highest BCUT2D eigenvalue weighted by Crippen LogP contribution is 2.44. The summed E-state index contributed by atoms with van der Waals surface area (Å²) in [6.07, 6.45) is 4.80. The SMILES string of the molecule is O=C(Nc1ccc(F)cc1)N1CCN(C(=O)C2(c3ccc4c(c3)OCO4)CCCCC2)CC1. The Balaban J connectivity index is 1.27. The van der Waals surface area contributed by atoms with Crippen LogP contribution in [0.5, 0.6) is 11.5 Å². The van der Waals surface area contributed by atoms with E-state index in [-0.39, 0.29) is 24.5 Å². The number of hydrogen-bond donors (Lipinski definition) is 1. The molecule has 2 aliphatic heterocycles. The van der Waals surface area contributed by atoms with Gasteiger partial charge in [0.25, 0.3) is 0 Å². The average molecular weight is 454 g/mol. The van der Waals surface area contributed by atoms with Gasteiger partial charge in [-0.05, 0) is 54.8 Å². The molecule has 5 rings (SSSR count). The highest BCUT2D eigenvalue weighted by atomic mass is 19.1. The average Bonchev–Trinajstić information content (AvgIpc) is 3.33. The second-order valence-corrected chi connectivity index (χ2v) is 8.93. The highest BCUT2D eigenvalue weighted by Gasteiger charge is 2.44. The van der Waals surface area contributed by atoms with Gasteiger partial charge in [-0.2, -0.15) is 0 Å². The number of carbonyl (C=O) groups excluding carboxylic acids is 2. The zero-order chi connectivity index (χ0) is 22.8. The van der Waals surface area contributed by atoms with Crippen LogP contribution >= 0.6 is 0 Å².